The lowest BCUT2D eigenvalue weighted by molar-refractivity contribution is -0.137. The van der Waals surface area contributed by atoms with Crippen LogP contribution in [0.4, 0.5) is 0 Å². The summed E-state index contributed by atoms with van der Waals surface area (Å²) in [7, 11) is 0. The Labute approximate surface area is 158 Å². The fourth-order valence-electron chi connectivity index (χ4n) is 2.84. The quantitative estimate of drug-likeness (QED) is 0.377. The number of hydrogen-bond acceptors (Lipinski definition) is 3. The van der Waals surface area contributed by atoms with E-state index in [0.29, 0.717) is 18.4 Å². The summed E-state index contributed by atoms with van der Waals surface area (Å²) in [6.45, 7) is 0. The first-order chi connectivity index (χ1) is 12.5. The van der Waals surface area contributed by atoms with Gasteiger partial charge in [0.05, 0.1) is 11.1 Å². The van der Waals surface area contributed by atoms with Crippen molar-refractivity contribution in [2.24, 2.45) is 5.92 Å². The van der Waals surface area contributed by atoms with Crippen LogP contribution in [-0.2, 0) is 9.59 Å². The lowest BCUT2D eigenvalue weighted by atomic mass is 9.98. The molecule has 2 rings (SSSR count). The number of benzene rings is 1. The molecule has 2 atom stereocenters. The van der Waals surface area contributed by atoms with Crippen LogP contribution in [0.2, 0.25) is 0 Å². The number of Topliss-reactive ketones (excluding diaryl/α,β-unsaturated/α-hetero) is 1. The summed E-state index contributed by atoms with van der Waals surface area (Å²) in [5.41, 5.74) is 1.40. The van der Waals surface area contributed by atoms with Crippen molar-refractivity contribution in [2.45, 2.75) is 38.2 Å². The summed E-state index contributed by atoms with van der Waals surface area (Å²) in [5.74, 6) is -1.21. The van der Waals surface area contributed by atoms with Crippen LogP contribution < -0.4 is 0 Å². The van der Waals surface area contributed by atoms with E-state index >= 15 is 0 Å². The van der Waals surface area contributed by atoms with E-state index in [4.69, 9.17) is 16.7 Å². The second-order valence-corrected chi connectivity index (χ2v) is 6.67. The van der Waals surface area contributed by atoms with Gasteiger partial charge in [-0.3, -0.25) is 9.59 Å². The summed E-state index contributed by atoms with van der Waals surface area (Å²) in [6, 6.07) is 9.28. The molecule has 1 aliphatic rings. The third-order valence-electron chi connectivity index (χ3n) is 4.26. The number of rotatable bonds is 9. The fraction of sp³-hybridized carbons (Fsp3) is 0.333. The van der Waals surface area contributed by atoms with Crippen LogP contribution in [-0.4, -0.2) is 22.0 Å². The molecule has 2 N–H and O–H groups in total. The predicted molar refractivity (Wildman–Crippen MR) is 102 cm³/mol. The molecule has 1 aromatic carbocycles. The first-order valence-electron chi connectivity index (χ1n) is 8.74. The van der Waals surface area contributed by atoms with Crippen molar-refractivity contribution in [3.63, 3.8) is 0 Å². The predicted octanol–water partition coefficient (Wildman–Crippen LogP) is 4.56. The van der Waals surface area contributed by atoms with Crippen molar-refractivity contribution in [1.29, 1.82) is 0 Å². The molecule has 26 heavy (non-hydrogen) atoms. The molecule has 0 fully saturated rings. The lowest BCUT2D eigenvalue weighted by Crippen LogP contribution is -2.02. The van der Waals surface area contributed by atoms with E-state index in [0.717, 1.165) is 18.4 Å². The maximum absolute atomic E-state index is 12.2. The standard InChI is InChI=1S/C21H23ClO4/c22-18-14-16(12-13-19(23)15-8-4-3-5-9-15)17(21(18)26)10-6-1-2-7-11-20(24)25/h3-5,8-10,12-14,16,19,23H,1-2,6-7,11H2,(H,24,25). The van der Waals surface area contributed by atoms with Crippen LogP contribution in [0.5, 0.6) is 0 Å². The van der Waals surface area contributed by atoms with Gasteiger partial charge in [0.15, 0.2) is 0 Å². The second kappa shape index (κ2) is 10.1. The zero-order valence-corrected chi connectivity index (χ0v) is 15.2. The van der Waals surface area contributed by atoms with Gasteiger partial charge in [-0.25, -0.2) is 0 Å². The van der Waals surface area contributed by atoms with Gasteiger partial charge in [-0.2, -0.15) is 0 Å². The molecule has 5 heteroatoms. The number of carboxylic acid groups (broad SMARTS) is 1. The SMILES string of the molecule is O=C(O)CCCCCC=C1C(=O)C(Cl)=CC1C=CC(O)c1ccccc1. The number of carboxylic acids is 1. The Hall–Kier alpha value is -2.17. The molecule has 0 spiro atoms. The van der Waals surface area contributed by atoms with Crippen LogP contribution in [0.15, 0.2) is 65.2 Å². The van der Waals surface area contributed by atoms with Gasteiger partial charge in [0, 0.05) is 17.9 Å². The fourth-order valence-corrected chi connectivity index (χ4v) is 3.09. The Bertz CT molecular complexity index is 719. The number of aliphatic carboxylic acids is 1. The Morgan fingerprint density at radius 1 is 1.19 bits per heavy atom. The first-order valence-corrected chi connectivity index (χ1v) is 9.12. The van der Waals surface area contributed by atoms with Crippen molar-refractivity contribution < 1.29 is 19.8 Å². The number of carbonyl (C=O) groups is 2. The molecule has 138 valence electrons. The zero-order valence-electron chi connectivity index (χ0n) is 14.5. The number of allylic oxidation sites excluding steroid dienone is 5. The highest BCUT2D eigenvalue weighted by molar-refractivity contribution is 6.46. The third-order valence-corrected chi connectivity index (χ3v) is 4.56. The van der Waals surface area contributed by atoms with Crippen LogP contribution >= 0.6 is 11.6 Å². The maximum Gasteiger partial charge on any atom is 0.303 e. The average molecular weight is 375 g/mol. The van der Waals surface area contributed by atoms with Gasteiger partial charge in [0.2, 0.25) is 5.78 Å². The van der Waals surface area contributed by atoms with E-state index in [1.807, 2.05) is 36.4 Å². The molecule has 0 radical (unpaired) electrons. The van der Waals surface area contributed by atoms with Crippen molar-refractivity contribution in [2.75, 3.05) is 0 Å². The minimum Gasteiger partial charge on any atom is -0.481 e. The number of carbonyl (C=O) groups excluding carboxylic acids is 1. The van der Waals surface area contributed by atoms with Gasteiger partial charge in [0.25, 0.3) is 0 Å². The third kappa shape index (κ3) is 5.97. The molecule has 1 aromatic rings. The summed E-state index contributed by atoms with van der Waals surface area (Å²) in [5, 5.41) is 19.0. The smallest absolute Gasteiger partial charge is 0.303 e. The van der Waals surface area contributed by atoms with E-state index in [9.17, 15) is 14.7 Å². The molecule has 0 aliphatic heterocycles. The van der Waals surface area contributed by atoms with E-state index in [2.05, 4.69) is 0 Å². The van der Waals surface area contributed by atoms with Gasteiger partial charge in [-0.15, -0.1) is 0 Å². The molecule has 2 unspecified atom stereocenters. The van der Waals surface area contributed by atoms with Crippen LogP contribution in [0.1, 0.15) is 43.8 Å². The molecule has 1 aliphatic carbocycles. The molecule has 4 nitrogen and oxygen atoms in total. The first kappa shape index (κ1) is 20.1. The van der Waals surface area contributed by atoms with Crippen molar-refractivity contribution in [3.8, 4) is 0 Å². The lowest BCUT2D eigenvalue weighted by Gasteiger charge is -2.08. The Morgan fingerprint density at radius 3 is 2.62 bits per heavy atom. The van der Waals surface area contributed by atoms with Gasteiger partial charge >= 0.3 is 5.97 Å². The molecule has 0 amide bonds. The summed E-state index contributed by atoms with van der Waals surface area (Å²) >= 11 is 5.99. The number of unbranched alkanes of at least 4 members (excludes halogenated alkanes) is 3. The van der Waals surface area contributed by atoms with Crippen LogP contribution in [0.3, 0.4) is 0 Å². The van der Waals surface area contributed by atoms with Crippen molar-refractivity contribution >= 4 is 23.4 Å². The minimum atomic E-state index is -0.785. The number of hydrogen-bond donors (Lipinski definition) is 2. The van der Waals surface area contributed by atoms with Gasteiger partial charge in [-0.05, 0) is 24.8 Å². The van der Waals surface area contributed by atoms with Crippen LogP contribution in [0, 0.1) is 5.92 Å². The van der Waals surface area contributed by atoms with Gasteiger partial charge in [-0.1, -0.05) is 72.7 Å². The minimum absolute atomic E-state index is 0.172. The molecular formula is C21H23ClO4. The Balaban J connectivity index is 1.94. The van der Waals surface area contributed by atoms with Crippen molar-refractivity contribution in [3.05, 3.63) is 70.8 Å². The Kier molecular flexibility index (Phi) is 7.82. The maximum atomic E-state index is 12.2. The Morgan fingerprint density at radius 2 is 1.92 bits per heavy atom. The number of ketones is 1. The molecule has 0 aromatic heterocycles. The van der Waals surface area contributed by atoms with Crippen LogP contribution in [0.25, 0.3) is 0 Å². The zero-order chi connectivity index (χ0) is 18.9. The number of aliphatic hydroxyl groups is 1. The average Bonchev–Trinajstić information content (AvgIpc) is 2.90. The highest BCUT2D eigenvalue weighted by Gasteiger charge is 2.27. The van der Waals surface area contributed by atoms with E-state index < -0.39 is 12.1 Å². The van der Waals surface area contributed by atoms with E-state index in [1.54, 1.807) is 18.2 Å². The second-order valence-electron chi connectivity index (χ2n) is 6.26. The molecule has 0 heterocycles. The molecular weight excluding hydrogens is 352 g/mol. The topological polar surface area (TPSA) is 74.6 Å². The summed E-state index contributed by atoms with van der Waals surface area (Å²) < 4.78 is 0. The monoisotopic (exact) mass is 374 g/mol. The number of halogens is 1. The largest absolute Gasteiger partial charge is 0.481 e. The molecule has 0 saturated carbocycles. The molecule has 0 saturated heterocycles. The van der Waals surface area contributed by atoms with E-state index in [-0.39, 0.29) is 23.2 Å². The highest BCUT2D eigenvalue weighted by Crippen LogP contribution is 2.31. The van der Waals surface area contributed by atoms with Gasteiger partial charge < -0.3 is 10.2 Å². The number of aliphatic hydroxyl groups excluding tert-OH is 1. The highest BCUT2D eigenvalue weighted by atomic mass is 35.5. The summed E-state index contributed by atoms with van der Waals surface area (Å²) in [4.78, 5) is 22.7. The normalized spacial score (nSPS) is 19.9. The molecule has 0 bridgehead atoms. The van der Waals surface area contributed by atoms with E-state index in [1.165, 1.54) is 0 Å². The van der Waals surface area contributed by atoms with Gasteiger partial charge in [0.1, 0.15) is 0 Å². The van der Waals surface area contributed by atoms with Crippen molar-refractivity contribution in [1.82, 2.24) is 0 Å². The summed E-state index contributed by atoms with van der Waals surface area (Å²) in [6.07, 6.45) is 9.42.